The van der Waals surface area contributed by atoms with Crippen molar-refractivity contribution in [2.24, 2.45) is 5.92 Å². The third-order valence-electron chi connectivity index (χ3n) is 5.97. The van der Waals surface area contributed by atoms with E-state index in [0.717, 1.165) is 31.6 Å². The average molecular weight is 350 g/mol. The predicted molar refractivity (Wildman–Crippen MR) is 105 cm³/mol. The minimum Gasteiger partial charge on any atom is -0.269 e. The molecule has 0 aromatic carbocycles. The van der Waals surface area contributed by atoms with Crippen LogP contribution in [0.2, 0.25) is 0 Å². The largest absolute Gasteiger partial charge is 0.269 e. The predicted octanol–water partition coefficient (Wildman–Crippen LogP) is 6.03. The number of imide groups is 1. The smallest absolute Gasteiger partial charge is 0.254 e. The quantitative estimate of drug-likeness (QED) is 0.284. The van der Waals surface area contributed by atoms with E-state index in [4.69, 9.17) is 0 Å². The summed E-state index contributed by atoms with van der Waals surface area (Å²) in [5, 5.41) is 0. The van der Waals surface area contributed by atoms with Crippen molar-refractivity contribution in [3.63, 3.8) is 0 Å². The monoisotopic (exact) mass is 349 g/mol. The Hall–Kier alpha value is -1.12. The molecule has 0 fully saturated rings. The fourth-order valence-electron chi connectivity index (χ4n) is 4.19. The lowest BCUT2D eigenvalue weighted by atomic mass is 9.84. The van der Waals surface area contributed by atoms with E-state index in [2.05, 4.69) is 27.7 Å². The van der Waals surface area contributed by atoms with Crippen molar-refractivity contribution < 1.29 is 9.59 Å². The molecule has 0 aromatic rings. The number of carbonyl (C=O) groups is 2. The van der Waals surface area contributed by atoms with Crippen LogP contribution in [0.3, 0.4) is 0 Å². The Balaban J connectivity index is 2.26. The summed E-state index contributed by atoms with van der Waals surface area (Å²) in [5.41, 5.74) is -0.284. The zero-order chi connectivity index (χ0) is 18.7. The average Bonchev–Trinajstić information content (AvgIpc) is 2.94. The molecule has 2 amide bonds. The highest BCUT2D eigenvalue weighted by Crippen LogP contribution is 2.33. The highest BCUT2D eigenvalue weighted by atomic mass is 16.2. The van der Waals surface area contributed by atoms with E-state index in [1.807, 2.05) is 0 Å². The summed E-state index contributed by atoms with van der Waals surface area (Å²) in [6, 6.07) is 0. The first-order valence-electron chi connectivity index (χ1n) is 10.6. The Morgan fingerprint density at radius 1 is 0.840 bits per heavy atom. The highest BCUT2D eigenvalue weighted by Gasteiger charge is 2.41. The molecule has 0 aromatic heterocycles. The molecular weight excluding hydrogens is 310 g/mol. The number of amides is 2. The summed E-state index contributed by atoms with van der Waals surface area (Å²) >= 11 is 0. The van der Waals surface area contributed by atoms with Gasteiger partial charge in [0, 0.05) is 12.2 Å². The van der Waals surface area contributed by atoms with Gasteiger partial charge in [-0.05, 0) is 25.2 Å². The van der Waals surface area contributed by atoms with Gasteiger partial charge in [-0.25, -0.2) is 0 Å². The van der Waals surface area contributed by atoms with Gasteiger partial charge in [-0.2, -0.15) is 0 Å². The lowest BCUT2D eigenvalue weighted by Gasteiger charge is -2.39. The van der Waals surface area contributed by atoms with Gasteiger partial charge in [0.25, 0.3) is 11.8 Å². The minimum atomic E-state index is -0.284. The van der Waals surface area contributed by atoms with Gasteiger partial charge in [0.2, 0.25) is 0 Å². The number of rotatable bonds is 14. The van der Waals surface area contributed by atoms with E-state index in [1.165, 1.54) is 68.4 Å². The van der Waals surface area contributed by atoms with Crippen LogP contribution in [0.15, 0.2) is 12.2 Å². The number of unbranched alkanes of at least 4 members (excludes halogenated alkanes) is 5. The molecule has 1 aliphatic heterocycles. The summed E-state index contributed by atoms with van der Waals surface area (Å²) in [6.07, 6.45) is 17.1. The molecule has 0 spiro atoms. The SMILES string of the molecule is CCCC(C)CCCCCCCCC(CC)(CC)N1C(=O)C=CC1=O. The number of nitrogens with zero attached hydrogens (tertiary/aromatic N) is 1. The molecule has 1 rings (SSSR count). The molecule has 3 heteroatoms. The Kier molecular flexibility index (Phi) is 10.1. The van der Waals surface area contributed by atoms with Crippen LogP contribution in [0.1, 0.15) is 105 Å². The molecule has 0 aliphatic carbocycles. The van der Waals surface area contributed by atoms with Crippen LogP contribution in [0.25, 0.3) is 0 Å². The second-order valence-electron chi connectivity index (χ2n) is 7.83. The second-order valence-corrected chi connectivity index (χ2v) is 7.83. The summed E-state index contributed by atoms with van der Waals surface area (Å²) in [5.74, 6) is 0.619. The van der Waals surface area contributed by atoms with Gasteiger partial charge in [0.15, 0.2) is 0 Å². The zero-order valence-electron chi connectivity index (χ0n) is 17.0. The fourth-order valence-corrected chi connectivity index (χ4v) is 4.19. The van der Waals surface area contributed by atoms with Crippen molar-refractivity contribution in [3.8, 4) is 0 Å². The van der Waals surface area contributed by atoms with Gasteiger partial charge in [-0.1, -0.05) is 85.5 Å². The van der Waals surface area contributed by atoms with Crippen LogP contribution >= 0.6 is 0 Å². The normalized spacial score (nSPS) is 16.1. The standard InChI is InChI=1S/C22H39NO2/c1-5-14-19(4)15-12-10-8-9-11-13-18-22(6-2,7-3)23-20(24)16-17-21(23)25/h16-17,19H,5-15,18H2,1-4H3. The van der Waals surface area contributed by atoms with Crippen LogP contribution in [0.5, 0.6) is 0 Å². The van der Waals surface area contributed by atoms with Crippen LogP contribution in [0, 0.1) is 5.92 Å². The second kappa shape index (κ2) is 11.5. The molecule has 0 radical (unpaired) electrons. The maximum Gasteiger partial charge on any atom is 0.254 e. The maximum absolute atomic E-state index is 12.1. The lowest BCUT2D eigenvalue weighted by molar-refractivity contribution is -0.145. The van der Waals surface area contributed by atoms with Crippen molar-refractivity contribution in [2.75, 3.05) is 0 Å². The van der Waals surface area contributed by atoms with Gasteiger partial charge in [0.05, 0.1) is 5.54 Å². The summed E-state index contributed by atoms with van der Waals surface area (Å²) in [4.78, 5) is 25.7. The van der Waals surface area contributed by atoms with Crippen molar-refractivity contribution in [3.05, 3.63) is 12.2 Å². The van der Waals surface area contributed by atoms with Crippen LogP contribution in [-0.4, -0.2) is 22.3 Å². The molecule has 1 aliphatic rings. The summed E-state index contributed by atoms with van der Waals surface area (Å²) < 4.78 is 0. The first kappa shape index (κ1) is 21.9. The van der Waals surface area contributed by atoms with Crippen LogP contribution in [0.4, 0.5) is 0 Å². The van der Waals surface area contributed by atoms with Crippen molar-refractivity contribution in [1.82, 2.24) is 4.90 Å². The van der Waals surface area contributed by atoms with E-state index in [1.54, 1.807) is 0 Å². The third-order valence-corrected chi connectivity index (χ3v) is 5.97. The van der Waals surface area contributed by atoms with E-state index in [0.29, 0.717) is 0 Å². The lowest BCUT2D eigenvalue weighted by Crippen LogP contribution is -2.51. The molecule has 1 heterocycles. The maximum atomic E-state index is 12.1. The molecule has 0 saturated heterocycles. The van der Waals surface area contributed by atoms with Crippen molar-refractivity contribution >= 4 is 11.8 Å². The van der Waals surface area contributed by atoms with E-state index >= 15 is 0 Å². The van der Waals surface area contributed by atoms with Gasteiger partial charge >= 0.3 is 0 Å². The topological polar surface area (TPSA) is 37.4 Å². The van der Waals surface area contributed by atoms with E-state index in [9.17, 15) is 9.59 Å². The molecule has 3 nitrogen and oxygen atoms in total. The molecule has 1 atom stereocenters. The Labute approximate surface area is 155 Å². The van der Waals surface area contributed by atoms with E-state index in [-0.39, 0.29) is 17.4 Å². The van der Waals surface area contributed by atoms with E-state index < -0.39 is 0 Å². The summed E-state index contributed by atoms with van der Waals surface area (Å²) in [6.45, 7) is 8.83. The van der Waals surface area contributed by atoms with Crippen LogP contribution < -0.4 is 0 Å². The Morgan fingerprint density at radius 2 is 1.36 bits per heavy atom. The molecule has 0 N–H and O–H groups in total. The molecule has 144 valence electrons. The Morgan fingerprint density at radius 3 is 1.88 bits per heavy atom. The first-order chi connectivity index (χ1) is 12.0. The highest BCUT2D eigenvalue weighted by molar-refractivity contribution is 6.13. The molecule has 25 heavy (non-hydrogen) atoms. The van der Waals surface area contributed by atoms with Gasteiger partial charge < -0.3 is 0 Å². The zero-order valence-corrected chi connectivity index (χ0v) is 17.0. The van der Waals surface area contributed by atoms with Crippen molar-refractivity contribution in [1.29, 1.82) is 0 Å². The fraction of sp³-hybridized carbons (Fsp3) is 0.818. The number of hydrogen-bond donors (Lipinski definition) is 0. The molecule has 1 unspecified atom stereocenters. The van der Waals surface area contributed by atoms with Gasteiger partial charge in [0.1, 0.15) is 0 Å². The Bertz CT molecular complexity index is 419. The molecule has 0 saturated carbocycles. The molecular formula is C22H39NO2. The van der Waals surface area contributed by atoms with Crippen molar-refractivity contribution in [2.45, 2.75) is 110 Å². The number of hydrogen-bond acceptors (Lipinski definition) is 2. The van der Waals surface area contributed by atoms with Crippen LogP contribution in [-0.2, 0) is 9.59 Å². The summed E-state index contributed by atoms with van der Waals surface area (Å²) in [7, 11) is 0. The third kappa shape index (κ3) is 6.60. The minimum absolute atomic E-state index is 0.130. The number of carbonyl (C=O) groups excluding carboxylic acids is 2. The molecule has 0 bridgehead atoms. The first-order valence-corrected chi connectivity index (χ1v) is 10.6. The van der Waals surface area contributed by atoms with Gasteiger partial charge in [-0.15, -0.1) is 0 Å². The van der Waals surface area contributed by atoms with Gasteiger partial charge in [-0.3, -0.25) is 14.5 Å².